The summed E-state index contributed by atoms with van der Waals surface area (Å²) in [5.74, 6) is 0.761. The lowest BCUT2D eigenvalue weighted by atomic mass is 10.2. The van der Waals surface area contributed by atoms with Crippen LogP contribution < -0.4 is 5.32 Å². The van der Waals surface area contributed by atoms with Crippen LogP contribution in [-0.4, -0.2) is 77.5 Å². The maximum atomic E-state index is 12.5. The molecule has 1 aromatic rings. The number of anilines is 1. The van der Waals surface area contributed by atoms with Crippen molar-refractivity contribution < 1.29 is 9.53 Å². The summed E-state index contributed by atoms with van der Waals surface area (Å²) in [6.07, 6.45) is 3.82. The van der Waals surface area contributed by atoms with Gasteiger partial charge in [0.25, 0.3) is 0 Å². The molecule has 2 fully saturated rings. The Hall–Kier alpha value is -1.44. The van der Waals surface area contributed by atoms with Crippen LogP contribution in [0.5, 0.6) is 0 Å². The third-order valence-corrected chi connectivity index (χ3v) is 5.11. The highest BCUT2D eigenvalue weighted by Gasteiger charge is 2.34. The lowest BCUT2D eigenvalue weighted by Gasteiger charge is -2.27. The molecule has 2 aliphatic rings. The number of nitrogens with zero attached hydrogens (tertiary/aromatic N) is 4. The third kappa shape index (κ3) is 4.15. The first kappa shape index (κ1) is 17.4. The van der Waals surface area contributed by atoms with Crippen molar-refractivity contribution >= 4 is 11.7 Å². The molecule has 3 rings (SSSR count). The molecule has 0 aromatic carbocycles. The summed E-state index contributed by atoms with van der Waals surface area (Å²) in [6, 6.07) is 2.29. The number of hydrogen-bond donors (Lipinski definition) is 1. The number of nitrogens with one attached hydrogen (secondary N) is 1. The molecule has 2 atom stereocenters. The fourth-order valence-electron chi connectivity index (χ4n) is 3.85. The first-order chi connectivity index (χ1) is 11.5. The van der Waals surface area contributed by atoms with Crippen LogP contribution in [0.4, 0.5) is 5.82 Å². The van der Waals surface area contributed by atoms with E-state index in [4.69, 9.17) is 4.74 Å². The molecular formula is C17H29N5O2. The third-order valence-electron chi connectivity index (χ3n) is 5.11. The van der Waals surface area contributed by atoms with Crippen LogP contribution in [-0.2, 0) is 16.6 Å². The minimum absolute atomic E-state index is 0.0150. The van der Waals surface area contributed by atoms with Crippen molar-refractivity contribution in [2.24, 2.45) is 7.05 Å². The summed E-state index contributed by atoms with van der Waals surface area (Å²) in [7, 11) is 3.61. The van der Waals surface area contributed by atoms with Crippen LogP contribution >= 0.6 is 0 Å². The van der Waals surface area contributed by atoms with Gasteiger partial charge in [0, 0.05) is 39.4 Å². The van der Waals surface area contributed by atoms with E-state index in [1.54, 1.807) is 11.8 Å². The van der Waals surface area contributed by atoms with Crippen molar-refractivity contribution in [2.75, 3.05) is 45.2 Å². The molecule has 0 aliphatic carbocycles. The molecular weight excluding hydrogens is 306 g/mol. The Balaban J connectivity index is 1.58. The van der Waals surface area contributed by atoms with Gasteiger partial charge in [0.2, 0.25) is 5.91 Å². The van der Waals surface area contributed by atoms with Gasteiger partial charge in [-0.1, -0.05) is 0 Å². The smallest absolute Gasteiger partial charge is 0.239 e. The van der Waals surface area contributed by atoms with E-state index in [1.165, 1.54) is 25.9 Å². The molecule has 134 valence electrons. The topological polar surface area (TPSA) is 62.6 Å². The van der Waals surface area contributed by atoms with E-state index in [1.807, 2.05) is 20.0 Å². The predicted octanol–water partition coefficient (Wildman–Crippen LogP) is 0.852. The molecule has 2 aliphatic heterocycles. The fraction of sp³-hybridized carbons (Fsp3) is 0.765. The zero-order valence-corrected chi connectivity index (χ0v) is 15.0. The number of carbonyl (C=O) groups is 1. The van der Waals surface area contributed by atoms with Gasteiger partial charge in [-0.05, 0) is 39.3 Å². The molecule has 0 spiro atoms. The average Bonchev–Trinajstić information content (AvgIpc) is 3.23. The minimum Gasteiger partial charge on any atom is -0.380 e. The van der Waals surface area contributed by atoms with Gasteiger partial charge < -0.3 is 15.0 Å². The second-order valence-electron chi connectivity index (χ2n) is 7.03. The average molecular weight is 335 g/mol. The van der Waals surface area contributed by atoms with Crippen molar-refractivity contribution in [3.63, 3.8) is 0 Å². The van der Waals surface area contributed by atoms with Crippen LogP contribution in [0.15, 0.2) is 6.07 Å². The van der Waals surface area contributed by atoms with Crippen molar-refractivity contribution in [1.82, 2.24) is 19.6 Å². The standard InChI is InChI=1S/C17H29N5O2/c1-13-8-16(20(2)19-13)18-17(23)12-22-11-15(24-3)9-14(22)10-21-6-4-5-7-21/h8,14-15H,4-7,9-12H2,1-3H3,(H,18,23)/t14-,15-/m0/s1. The van der Waals surface area contributed by atoms with Crippen LogP contribution in [0.25, 0.3) is 0 Å². The highest BCUT2D eigenvalue weighted by molar-refractivity contribution is 5.91. The normalized spacial score (nSPS) is 25.5. The Kier molecular flexibility index (Phi) is 5.53. The van der Waals surface area contributed by atoms with Crippen molar-refractivity contribution in [3.8, 4) is 0 Å². The fourth-order valence-corrected chi connectivity index (χ4v) is 3.85. The highest BCUT2D eigenvalue weighted by atomic mass is 16.5. The first-order valence-corrected chi connectivity index (χ1v) is 8.85. The summed E-state index contributed by atoms with van der Waals surface area (Å²) >= 11 is 0. The molecule has 24 heavy (non-hydrogen) atoms. The van der Waals surface area contributed by atoms with E-state index in [2.05, 4.69) is 20.2 Å². The SMILES string of the molecule is CO[C@H]1C[C@@H](CN2CCCC2)N(CC(=O)Nc2cc(C)nn2C)C1. The number of aryl methyl sites for hydroxylation is 2. The molecule has 0 unspecified atom stereocenters. The molecule has 1 amide bonds. The molecule has 1 N–H and O–H groups in total. The Morgan fingerprint density at radius 1 is 1.42 bits per heavy atom. The molecule has 0 radical (unpaired) electrons. The zero-order valence-electron chi connectivity index (χ0n) is 15.0. The van der Waals surface area contributed by atoms with Gasteiger partial charge in [0.15, 0.2) is 0 Å². The monoisotopic (exact) mass is 335 g/mol. The lowest BCUT2D eigenvalue weighted by molar-refractivity contribution is -0.117. The number of rotatable bonds is 6. The number of amides is 1. The Bertz CT molecular complexity index is 567. The number of carbonyl (C=O) groups excluding carboxylic acids is 1. The van der Waals surface area contributed by atoms with Crippen LogP contribution in [0, 0.1) is 6.92 Å². The molecule has 7 nitrogen and oxygen atoms in total. The van der Waals surface area contributed by atoms with E-state index < -0.39 is 0 Å². The Morgan fingerprint density at radius 2 is 2.17 bits per heavy atom. The van der Waals surface area contributed by atoms with Crippen molar-refractivity contribution in [3.05, 3.63) is 11.8 Å². The maximum absolute atomic E-state index is 12.5. The summed E-state index contributed by atoms with van der Waals surface area (Å²) in [6.45, 7) is 6.56. The van der Waals surface area contributed by atoms with E-state index in [9.17, 15) is 4.79 Å². The number of aromatic nitrogens is 2. The largest absolute Gasteiger partial charge is 0.380 e. The summed E-state index contributed by atoms with van der Waals surface area (Å²) in [5.41, 5.74) is 0.903. The van der Waals surface area contributed by atoms with Gasteiger partial charge >= 0.3 is 0 Å². The van der Waals surface area contributed by atoms with Crippen molar-refractivity contribution in [1.29, 1.82) is 0 Å². The van der Waals surface area contributed by atoms with Gasteiger partial charge in [0.1, 0.15) is 5.82 Å². The van der Waals surface area contributed by atoms with E-state index in [0.29, 0.717) is 12.6 Å². The molecule has 0 saturated carbocycles. The van der Waals surface area contributed by atoms with Gasteiger partial charge in [-0.15, -0.1) is 0 Å². The van der Waals surface area contributed by atoms with E-state index in [0.717, 1.165) is 31.0 Å². The van der Waals surface area contributed by atoms with E-state index >= 15 is 0 Å². The predicted molar refractivity (Wildman–Crippen MR) is 93.0 cm³/mol. The second kappa shape index (κ2) is 7.63. The molecule has 2 saturated heterocycles. The summed E-state index contributed by atoms with van der Waals surface area (Å²) in [4.78, 5) is 17.2. The van der Waals surface area contributed by atoms with Crippen LogP contribution in [0.2, 0.25) is 0 Å². The molecule has 7 heteroatoms. The first-order valence-electron chi connectivity index (χ1n) is 8.85. The minimum atomic E-state index is 0.0150. The maximum Gasteiger partial charge on any atom is 0.239 e. The van der Waals surface area contributed by atoms with Gasteiger partial charge in [-0.3, -0.25) is 14.4 Å². The van der Waals surface area contributed by atoms with Gasteiger partial charge in [-0.25, -0.2) is 0 Å². The number of ether oxygens (including phenoxy) is 1. The Morgan fingerprint density at radius 3 is 2.79 bits per heavy atom. The zero-order chi connectivity index (χ0) is 17.1. The molecule has 3 heterocycles. The highest BCUT2D eigenvalue weighted by Crippen LogP contribution is 2.22. The van der Waals surface area contributed by atoms with E-state index in [-0.39, 0.29) is 12.0 Å². The van der Waals surface area contributed by atoms with Crippen LogP contribution in [0.1, 0.15) is 25.0 Å². The summed E-state index contributed by atoms with van der Waals surface area (Å²) in [5, 5.41) is 7.24. The van der Waals surface area contributed by atoms with Gasteiger partial charge in [-0.2, -0.15) is 5.10 Å². The lowest BCUT2D eigenvalue weighted by Crippen LogP contribution is -2.43. The number of likely N-dealkylation sites (tertiary alicyclic amines) is 2. The summed E-state index contributed by atoms with van der Waals surface area (Å²) < 4.78 is 7.26. The number of methoxy groups -OCH3 is 1. The number of hydrogen-bond acceptors (Lipinski definition) is 5. The quantitative estimate of drug-likeness (QED) is 0.835. The van der Waals surface area contributed by atoms with Gasteiger partial charge in [0.05, 0.1) is 18.3 Å². The second-order valence-corrected chi connectivity index (χ2v) is 7.03. The molecule has 1 aromatic heterocycles. The Labute approximate surface area is 143 Å². The van der Waals surface area contributed by atoms with Crippen molar-refractivity contribution in [2.45, 2.75) is 38.3 Å². The molecule has 0 bridgehead atoms. The van der Waals surface area contributed by atoms with Crippen LogP contribution in [0.3, 0.4) is 0 Å².